The fourth-order valence-electron chi connectivity index (χ4n) is 3.76. The van der Waals surface area contributed by atoms with Crippen molar-refractivity contribution in [3.8, 4) is 0 Å². The molecule has 4 heteroatoms. The molecule has 2 aromatic rings. The fraction of sp³-hybridized carbons (Fsp3) is 0.579. The molecule has 4 nitrogen and oxygen atoms in total. The topological polar surface area (TPSA) is 42.2 Å². The van der Waals surface area contributed by atoms with Crippen LogP contribution in [0.2, 0.25) is 0 Å². The number of benzene rings is 1. The number of rotatable bonds is 5. The van der Waals surface area contributed by atoms with Crippen molar-refractivity contribution >= 4 is 0 Å². The molecular formula is C19H25N3O. The molecule has 0 N–H and O–H groups in total. The van der Waals surface area contributed by atoms with Gasteiger partial charge in [0.15, 0.2) is 5.82 Å². The summed E-state index contributed by atoms with van der Waals surface area (Å²) < 4.78 is 5.36. The van der Waals surface area contributed by atoms with E-state index >= 15 is 0 Å². The van der Waals surface area contributed by atoms with Crippen LogP contribution in [-0.4, -0.2) is 28.1 Å². The minimum Gasteiger partial charge on any atom is -0.339 e. The van der Waals surface area contributed by atoms with E-state index in [4.69, 9.17) is 4.52 Å². The third kappa shape index (κ3) is 3.47. The molecule has 1 aromatic heterocycles. The highest BCUT2D eigenvalue weighted by Gasteiger charge is 2.30. The van der Waals surface area contributed by atoms with E-state index in [2.05, 4.69) is 52.4 Å². The van der Waals surface area contributed by atoms with Crippen molar-refractivity contribution in [2.45, 2.75) is 62.9 Å². The minimum atomic E-state index is 0.544. The first kappa shape index (κ1) is 14.9. The molecule has 0 saturated heterocycles. The highest BCUT2D eigenvalue weighted by Crippen LogP contribution is 2.39. The Morgan fingerprint density at radius 3 is 2.39 bits per heavy atom. The summed E-state index contributed by atoms with van der Waals surface area (Å²) in [5.41, 5.74) is 1.50. The van der Waals surface area contributed by atoms with E-state index in [1.165, 1.54) is 44.1 Å². The Morgan fingerprint density at radius 1 is 1.00 bits per heavy atom. The second-order valence-electron chi connectivity index (χ2n) is 7.15. The molecule has 23 heavy (non-hydrogen) atoms. The van der Waals surface area contributed by atoms with Gasteiger partial charge in [-0.3, -0.25) is 4.90 Å². The molecule has 2 saturated carbocycles. The van der Waals surface area contributed by atoms with Crippen molar-refractivity contribution in [2.75, 3.05) is 7.05 Å². The molecule has 0 amide bonds. The van der Waals surface area contributed by atoms with Gasteiger partial charge in [0.25, 0.3) is 0 Å². The molecule has 0 atom stereocenters. The van der Waals surface area contributed by atoms with Crippen molar-refractivity contribution in [3.05, 3.63) is 47.6 Å². The third-order valence-corrected chi connectivity index (χ3v) is 5.39. The van der Waals surface area contributed by atoms with E-state index in [9.17, 15) is 0 Å². The lowest BCUT2D eigenvalue weighted by Gasteiger charge is -2.34. The molecule has 0 spiro atoms. The Bertz CT molecular complexity index is 627. The summed E-state index contributed by atoms with van der Waals surface area (Å²) in [6, 6.07) is 11.6. The molecule has 122 valence electrons. The highest BCUT2D eigenvalue weighted by molar-refractivity contribution is 5.20. The zero-order valence-electron chi connectivity index (χ0n) is 13.8. The second-order valence-corrected chi connectivity index (χ2v) is 7.15. The Balaban J connectivity index is 1.30. The summed E-state index contributed by atoms with van der Waals surface area (Å²) in [6.07, 6.45) is 7.48. The normalized spacial score (nSPS) is 25.0. The summed E-state index contributed by atoms with van der Waals surface area (Å²) in [6.45, 7) is 0.802. The summed E-state index contributed by atoms with van der Waals surface area (Å²) in [5.74, 6) is 2.97. The molecule has 2 fully saturated rings. The molecule has 2 aliphatic carbocycles. The second kappa shape index (κ2) is 6.44. The Labute approximate surface area is 137 Å². The van der Waals surface area contributed by atoms with Gasteiger partial charge in [-0.15, -0.1) is 0 Å². The quantitative estimate of drug-likeness (QED) is 0.833. The standard InChI is InChI=1S/C19H25N3O/c1-22(13-18-20-19(23-21-18)16-7-8-16)17-11-9-15(10-12-17)14-5-3-2-4-6-14/h2-6,15-17H,7-13H2,1H3. The average Bonchev–Trinajstić information content (AvgIpc) is 3.36. The summed E-state index contributed by atoms with van der Waals surface area (Å²) in [5, 5.41) is 4.15. The zero-order chi connectivity index (χ0) is 15.6. The van der Waals surface area contributed by atoms with Crippen molar-refractivity contribution in [1.29, 1.82) is 0 Å². The van der Waals surface area contributed by atoms with E-state index in [0.717, 1.165) is 24.2 Å². The van der Waals surface area contributed by atoms with Gasteiger partial charge < -0.3 is 4.52 Å². The summed E-state index contributed by atoms with van der Waals surface area (Å²) >= 11 is 0. The lowest BCUT2D eigenvalue weighted by atomic mass is 9.81. The highest BCUT2D eigenvalue weighted by atomic mass is 16.5. The van der Waals surface area contributed by atoms with Gasteiger partial charge in [0.05, 0.1) is 6.54 Å². The number of hydrogen-bond donors (Lipinski definition) is 0. The van der Waals surface area contributed by atoms with Crippen LogP contribution in [0.15, 0.2) is 34.9 Å². The first-order chi connectivity index (χ1) is 11.3. The zero-order valence-corrected chi connectivity index (χ0v) is 13.8. The van der Waals surface area contributed by atoms with Gasteiger partial charge in [-0.1, -0.05) is 35.5 Å². The van der Waals surface area contributed by atoms with Gasteiger partial charge in [-0.2, -0.15) is 4.98 Å². The third-order valence-electron chi connectivity index (χ3n) is 5.39. The van der Waals surface area contributed by atoms with Gasteiger partial charge >= 0.3 is 0 Å². The van der Waals surface area contributed by atoms with E-state index in [1.54, 1.807) is 0 Å². The number of aromatic nitrogens is 2. The lowest BCUT2D eigenvalue weighted by Crippen LogP contribution is -2.34. The number of nitrogens with zero attached hydrogens (tertiary/aromatic N) is 3. The van der Waals surface area contributed by atoms with Crippen LogP contribution in [0.25, 0.3) is 0 Å². The maximum atomic E-state index is 5.36. The van der Waals surface area contributed by atoms with Gasteiger partial charge in [-0.05, 0) is 57.1 Å². The van der Waals surface area contributed by atoms with E-state index < -0.39 is 0 Å². The Morgan fingerprint density at radius 2 is 1.70 bits per heavy atom. The summed E-state index contributed by atoms with van der Waals surface area (Å²) in [4.78, 5) is 6.96. The molecular weight excluding hydrogens is 286 g/mol. The van der Waals surface area contributed by atoms with E-state index in [0.29, 0.717) is 12.0 Å². The molecule has 1 heterocycles. The first-order valence-corrected chi connectivity index (χ1v) is 8.87. The van der Waals surface area contributed by atoms with Crippen LogP contribution in [0.4, 0.5) is 0 Å². The van der Waals surface area contributed by atoms with Crippen LogP contribution in [0.5, 0.6) is 0 Å². The predicted molar refractivity (Wildman–Crippen MR) is 89.2 cm³/mol. The molecule has 2 aliphatic rings. The summed E-state index contributed by atoms with van der Waals surface area (Å²) in [7, 11) is 2.20. The van der Waals surface area contributed by atoms with E-state index in [-0.39, 0.29) is 0 Å². The van der Waals surface area contributed by atoms with Crippen LogP contribution >= 0.6 is 0 Å². The fourth-order valence-corrected chi connectivity index (χ4v) is 3.76. The van der Waals surface area contributed by atoms with Gasteiger partial charge in [0.1, 0.15) is 0 Å². The van der Waals surface area contributed by atoms with Crippen LogP contribution in [0.1, 0.15) is 67.6 Å². The van der Waals surface area contributed by atoms with Gasteiger partial charge in [0, 0.05) is 12.0 Å². The average molecular weight is 311 g/mol. The maximum Gasteiger partial charge on any atom is 0.229 e. The van der Waals surface area contributed by atoms with Crippen LogP contribution < -0.4 is 0 Å². The van der Waals surface area contributed by atoms with E-state index in [1.807, 2.05) is 0 Å². The maximum absolute atomic E-state index is 5.36. The monoisotopic (exact) mass is 311 g/mol. The Kier molecular flexibility index (Phi) is 4.17. The molecule has 0 radical (unpaired) electrons. The van der Waals surface area contributed by atoms with Crippen molar-refractivity contribution in [3.63, 3.8) is 0 Å². The molecule has 0 bridgehead atoms. The van der Waals surface area contributed by atoms with Crippen LogP contribution in [0.3, 0.4) is 0 Å². The van der Waals surface area contributed by atoms with Crippen LogP contribution in [-0.2, 0) is 6.54 Å². The predicted octanol–water partition coefficient (Wildman–Crippen LogP) is 4.11. The minimum absolute atomic E-state index is 0.544. The molecule has 1 aromatic carbocycles. The molecule has 4 rings (SSSR count). The molecule has 0 aliphatic heterocycles. The van der Waals surface area contributed by atoms with Crippen molar-refractivity contribution < 1.29 is 4.52 Å². The van der Waals surface area contributed by atoms with Crippen molar-refractivity contribution in [1.82, 2.24) is 15.0 Å². The largest absolute Gasteiger partial charge is 0.339 e. The van der Waals surface area contributed by atoms with Crippen LogP contribution in [0, 0.1) is 0 Å². The Hall–Kier alpha value is -1.68. The first-order valence-electron chi connectivity index (χ1n) is 8.87. The van der Waals surface area contributed by atoms with Crippen molar-refractivity contribution in [2.24, 2.45) is 0 Å². The van der Waals surface area contributed by atoms with Gasteiger partial charge in [-0.25, -0.2) is 0 Å². The number of hydrogen-bond acceptors (Lipinski definition) is 4. The SMILES string of the molecule is CN(Cc1noc(C2CC2)n1)C1CCC(c2ccccc2)CC1. The molecule has 0 unspecified atom stereocenters. The smallest absolute Gasteiger partial charge is 0.229 e. The van der Waals surface area contributed by atoms with Gasteiger partial charge in [0.2, 0.25) is 5.89 Å². The lowest BCUT2D eigenvalue weighted by molar-refractivity contribution is 0.170.